The van der Waals surface area contributed by atoms with Gasteiger partial charge in [-0.05, 0) is 36.0 Å². The number of H-pyrrole nitrogens is 1. The smallest absolute Gasteiger partial charge is 0.336 e. The van der Waals surface area contributed by atoms with Crippen LogP contribution < -0.4 is 9.99 Å². The summed E-state index contributed by atoms with van der Waals surface area (Å²) in [5, 5.41) is 14.6. The second kappa shape index (κ2) is 10.3. The lowest BCUT2D eigenvalue weighted by Crippen LogP contribution is -2.36. The number of imidazole rings is 1. The fraction of sp³-hybridized carbons (Fsp3) is 0.0833. The summed E-state index contributed by atoms with van der Waals surface area (Å²) in [6.45, 7) is 0.553. The van der Waals surface area contributed by atoms with E-state index < -0.39 is 5.97 Å². The predicted molar refractivity (Wildman–Crippen MR) is 129 cm³/mol. The average molecular weight is 480 g/mol. The van der Waals surface area contributed by atoms with Gasteiger partial charge >= 0.3 is 11.1 Å². The van der Waals surface area contributed by atoms with Crippen LogP contribution in [0.15, 0.2) is 83.1 Å². The van der Waals surface area contributed by atoms with Gasteiger partial charge in [-0.2, -0.15) is 5.10 Å². The highest BCUT2D eigenvalue weighted by Gasteiger charge is 2.21. The number of halogens is 1. The Morgan fingerprint density at radius 2 is 1.79 bits per heavy atom. The van der Waals surface area contributed by atoms with Crippen molar-refractivity contribution in [2.24, 2.45) is 5.10 Å². The van der Waals surface area contributed by atoms with E-state index in [0.717, 1.165) is 21.8 Å². The highest BCUT2D eigenvalue weighted by Crippen LogP contribution is 2.21. The fourth-order valence-electron chi connectivity index (χ4n) is 3.32. The maximum absolute atomic E-state index is 12.4. The van der Waals surface area contributed by atoms with Gasteiger partial charge in [0.25, 0.3) is 5.91 Å². The summed E-state index contributed by atoms with van der Waals surface area (Å²) >= 11 is 7.71. The summed E-state index contributed by atoms with van der Waals surface area (Å²) in [7, 11) is 0. The summed E-state index contributed by atoms with van der Waals surface area (Å²) in [6, 6.07) is 22.0. The third-order valence-corrected chi connectivity index (χ3v) is 6.26. The normalized spacial score (nSPS) is 11.2. The molecular formula is C24H20ClN4O3S+. The molecule has 0 saturated heterocycles. The molecule has 0 spiro atoms. The van der Waals surface area contributed by atoms with E-state index in [9.17, 15) is 14.7 Å². The lowest BCUT2D eigenvalue weighted by atomic mass is 10.1. The zero-order valence-electron chi connectivity index (χ0n) is 17.4. The molecule has 0 fully saturated rings. The van der Waals surface area contributed by atoms with Crippen LogP contribution in [0.3, 0.4) is 0 Å². The molecule has 1 heterocycles. The minimum absolute atomic E-state index is 0.114. The van der Waals surface area contributed by atoms with Crippen LogP contribution in [0.25, 0.3) is 11.0 Å². The summed E-state index contributed by atoms with van der Waals surface area (Å²) in [5.41, 5.74) is 5.91. The Hall–Kier alpha value is -3.62. The van der Waals surface area contributed by atoms with Crippen LogP contribution >= 0.6 is 23.4 Å². The zero-order chi connectivity index (χ0) is 23.2. The standard InChI is InChI=1S/C24H19ClN4O3S/c25-19-10-4-2-8-17(19)14-29-21-12-6-5-11-20(21)27-24(29)33-15-22(30)28-26-13-16-7-1-3-9-18(16)23(31)32/h1-13H,14-15H2,(H2,28,30,31,32)/p+1. The van der Waals surface area contributed by atoms with Gasteiger partial charge < -0.3 is 5.11 Å². The van der Waals surface area contributed by atoms with E-state index in [1.54, 1.807) is 18.2 Å². The number of fused-ring (bicyclic) bond motifs is 1. The molecule has 0 bridgehead atoms. The van der Waals surface area contributed by atoms with Gasteiger partial charge in [0.2, 0.25) is 0 Å². The molecule has 1 amide bonds. The van der Waals surface area contributed by atoms with E-state index in [0.29, 0.717) is 17.1 Å². The molecule has 166 valence electrons. The molecule has 7 nitrogen and oxygen atoms in total. The molecule has 0 saturated carbocycles. The Bertz CT molecular complexity index is 1350. The second-order valence-corrected chi connectivity index (χ2v) is 8.47. The lowest BCUT2D eigenvalue weighted by Gasteiger charge is -2.04. The SMILES string of the molecule is O=C(CSc1[nH]c2ccccc2[n+]1Cc1ccccc1Cl)NN=Cc1ccccc1C(=O)O. The van der Waals surface area contributed by atoms with Crippen molar-refractivity contribution in [3.05, 3.63) is 94.5 Å². The summed E-state index contributed by atoms with van der Waals surface area (Å²) in [4.78, 5) is 27.0. The highest BCUT2D eigenvalue weighted by atomic mass is 35.5. The predicted octanol–water partition coefficient (Wildman–Crippen LogP) is 4.10. The summed E-state index contributed by atoms with van der Waals surface area (Å²) in [5.74, 6) is -1.25. The van der Waals surface area contributed by atoms with E-state index in [4.69, 9.17) is 11.6 Å². The van der Waals surface area contributed by atoms with Crippen LogP contribution in [0.4, 0.5) is 0 Å². The number of carbonyl (C=O) groups is 2. The van der Waals surface area contributed by atoms with E-state index in [1.165, 1.54) is 24.0 Å². The number of hydrazone groups is 1. The second-order valence-electron chi connectivity index (χ2n) is 7.10. The van der Waals surface area contributed by atoms with Gasteiger partial charge in [-0.25, -0.2) is 19.8 Å². The number of rotatable bonds is 8. The number of nitrogens with one attached hydrogen (secondary N) is 2. The van der Waals surface area contributed by atoms with Gasteiger partial charge in [0.15, 0.2) is 11.0 Å². The van der Waals surface area contributed by atoms with Crippen molar-refractivity contribution in [3.63, 3.8) is 0 Å². The maximum atomic E-state index is 12.4. The molecule has 9 heteroatoms. The zero-order valence-corrected chi connectivity index (χ0v) is 18.9. The van der Waals surface area contributed by atoms with Gasteiger partial charge in [0, 0.05) is 16.1 Å². The van der Waals surface area contributed by atoms with Crippen LogP contribution in [-0.4, -0.2) is 33.9 Å². The van der Waals surface area contributed by atoms with Gasteiger partial charge in [-0.15, -0.1) is 0 Å². The van der Waals surface area contributed by atoms with Crippen molar-refractivity contribution in [2.75, 3.05) is 5.75 Å². The fourth-order valence-corrected chi connectivity index (χ4v) is 4.35. The third kappa shape index (κ3) is 5.42. The van der Waals surface area contributed by atoms with E-state index in [1.807, 2.05) is 48.5 Å². The van der Waals surface area contributed by atoms with E-state index >= 15 is 0 Å². The number of aromatic carboxylic acids is 1. The van der Waals surface area contributed by atoms with Gasteiger partial charge in [0.1, 0.15) is 6.54 Å². The highest BCUT2D eigenvalue weighted by molar-refractivity contribution is 7.99. The molecule has 0 radical (unpaired) electrons. The molecular weight excluding hydrogens is 460 g/mol. The molecule has 0 atom stereocenters. The summed E-state index contributed by atoms with van der Waals surface area (Å²) in [6.07, 6.45) is 1.33. The molecule has 0 unspecified atom stereocenters. The van der Waals surface area contributed by atoms with Gasteiger partial charge in [0.05, 0.1) is 17.5 Å². The topological polar surface area (TPSA) is 98.4 Å². The average Bonchev–Trinajstić information content (AvgIpc) is 3.17. The molecule has 33 heavy (non-hydrogen) atoms. The number of carbonyl (C=O) groups excluding carboxylic acids is 1. The van der Waals surface area contributed by atoms with Gasteiger partial charge in [-0.3, -0.25) is 4.79 Å². The van der Waals surface area contributed by atoms with Crippen LogP contribution in [-0.2, 0) is 11.3 Å². The van der Waals surface area contributed by atoms with Crippen molar-refractivity contribution in [1.29, 1.82) is 0 Å². The Morgan fingerprint density at radius 3 is 2.61 bits per heavy atom. The Morgan fingerprint density at radius 1 is 1.06 bits per heavy atom. The number of carboxylic acids is 1. The van der Waals surface area contributed by atoms with Crippen molar-refractivity contribution in [2.45, 2.75) is 11.7 Å². The Balaban J connectivity index is 1.46. The first kappa shape index (κ1) is 22.6. The monoisotopic (exact) mass is 479 g/mol. The first-order valence-electron chi connectivity index (χ1n) is 10.0. The number of hydrogen-bond acceptors (Lipinski definition) is 4. The van der Waals surface area contributed by atoms with Gasteiger partial charge in [-0.1, -0.05) is 60.1 Å². The number of aromatic nitrogens is 2. The first-order valence-corrected chi connectivity index (χ1v) is 11.4. The maximum Gasteiger partial charge on any atom is 0.336 e. The largest absolute Gasteiger partial charge is 0.478 e. The summed E-state index contributed by atoms with van der Waals surface area (Å²) < 4.78 is 2.08. The number of thioether (sulfide) groups is 1. The molecule has 3 N–H and O–H groups in total. The lowest BCUT2D eigenvalue weighted by molar-refractivity contribution is -0.700. The molecule has 3 aromatic carbocycles. The number of benzene rings is 3. The van der Waals surface area contributed by atoms with E-state index in [2.05, 4.69) is 20.1 Å². The van der Waals surface area contributed by atoms with E-state index in [-0.39, 0.29) is 17.2 Å². The van der Waals surface area contributed by atoms with Crippen LogP contribution in [0.1, 0.15) is 21.5 Å². The molecule has 0 aliphatic rings. The molecule has 1 aromatic heterocycles. The number of nitrogens with zero attached hydrogens (tertiary/aromatic N) is 2. The number of amides is 1. The molecule has 4 aromatic rings. The van der Waals surface area contributed by atoms with Crippen LogP contribution in [0, 0.1) is 0 Å². The molecule has 0 aliphatic carbocycles. The number of hydrogen-bond donors (Lipinski definition) is 3. The van der Waals surface area contributed by atoms with Crippen molar-refractivity contribution in [3.8, 4) is 0 Å². The molecule has 0 aliphatic heterocycles. The third-order valence-electron chi connectivity index (χ3n) is 4.89. The Kier molecular flexibility index (Phi) is 7.07. The number of aromatic amines is 1. The molecule has 4 rings (SSSR count). The van der Waals surface area contributed by atoms with Crippen molar-refractivity contribution in [1.82, 2.24) is 10.4 Å². The Labute approximate surface area is 199 Å². The quantitative estimate of drug-likeness (QED) is 0.153. The van der Waals surface area contributed by atoms with Crippen molar-refractivity contribution >= 4 is 52.5 Å². The minimum atomic E-state index is -1.05. The minimum Gasteiger partial charge on any atom is -0.478 e. The number of para-hydroxylation sites is 2. The van der Waals surface area contributed by atoms with Crippen LogP contribution in [0.5, 0.6) is 0 Å². The number of carboxylic acid groups (broad SMARTS) is 1. The first-order chi connectivity index (χ1) is 16.0. The van der Waals surface area contributed by atoms with Crippen molar-refractivity contribution < 1.29 is 19.3 Å². The van der Waals surface area contributed by atoms with Crippen LogP contribution in [0.2, 0.25) is 5.02 Å².